The van der Waals surface area contributed by atoms with Gasteiger partial charge in [0.25, 0.3) is 11.5 Å². The van der Waals surface area contributed by atoms with E-state index in [1.807, 2.05) is 35.4 Å². The summed E-state index contributed by atoms with van der Waals surface area (Å²) >= 11 is 3.49. The molecule has 0 atom stereocenters. The first kappa shape index (κ1) is 30.2. The van der Waals surface area contributed by atoms with Crippen LogP contribution in [0.3, 0.4) is 0 Å². The van der Waals surface area contributed by atoms with Crippen LogP contribution in [0.15, 0.2) is 76.5 Å². The number of nitrogens with two attached hydrogens (primary N) is 1. The van der Waals surface area contributed by atoms with Gasteiger partial charge in [-0.2, -0.15) is 5.10 Å². The number of nitrogen functional groups attached to an aromatic ring is 1. The number of halogens is 1. The van der Waals surface area contributed by atoms with Gasteiger partial charge in [0, 0.05) is 58.2 Å². The van der Waals surface area contributed by atoms with Crippen molar-refractivity contribution >= 4 is 44.8 Å². The third-order valence-electron chi connectivity index (χ3n) is 8.32. The fourth-order valence-electron chi connectivity index (χ4n) is 5.93. The van der Waals surface area contributed by atoms with Crippen molar-refractivity contribution < 1.29 is 9.59 Å². The molecule has 0 radical (unpaired) electrons. The fraction of sp³-hybridized carbons (Fsp3) is 0.273. The number of rotatable bonds is 6. The van der Waals surface area contributed by atoms with Crippen molar-refractivity contribution in [1.82, 2.24) is 29.0 Å². The van der Waals surface area contributed by atoms with E-state index >= 15 is 0 Å². The molecule has 0 bridgehead atoms. The lowest BCUT2D eigenvalue weighted by molar-refractivity contribution is -0.135. The lowest BCUT2D eigenvalue weighted by Gasteiger charge is -2.33. The van der Waals surface area contributed by atoms with Crippen LogP contribution in [0.5, 0.6) is 0 Å². The summed E-state index contributed by atoms with van der Waals surface area (Å²) < 4.78 is 3.95. The minimum Gasteiger partial charge on any atom is -0.382 e. The monoisotopic (exact) mass is 668 g/mol. The van der Waals surface area contributed by atoms with E-state index in [4.69, 9.17) is 5.73 Å². The SMILES string of the molecule is Cc1c(Br)cc(C(=O)Nc2ccc(-c3cc(C4CCN(C(=O)C(C)C)CC4)n4ncnc(N)c34)cc2)c(=O)n1-c1cccnc1. The third kappa shape index (κ3) is 5.73. The van der Waals surface area contributed by atoms with Crippen LogP contribution < -0.4 is 16.6 Å². The first-order chi connectivity index (χ1) is 21.6. The molecular formula is C33H33BrN8O3. The smallest absolute Gasteiger partial charge is 0.268 e. The number of carbonyl (C=O) groups is 2. The highest BCUT2D eigenvalue weighted by Crippen LogP contribution is 2.37. The number of fused-ring (bicyclic) bond motifs is 1. The lowest BCUT2D eigenvalue weighted by atomic mass is 9.92. The Morgan fingerprint density at radius 1 is 1.09 bits per heavy atom. The van der Waals surface area contributed by atoms with Crippen molar-refractivity contribution in [1.29, 1.82) is 0 Å². The predicted octanol–water partition coefficient (Wildman–Crippen LogP) is 5.21. The molecule has 11 nitrogen and oxygen atoms in total. The van der Waals surface area contributed by atoms with Crippen LogP contribution in [-0.4, -0.2) is 54.0 Å². The number of nitrogens with one attached hydrogen (secondary N) is 1. The summed E-state index contributed by atoms with van der Waals surface area (Å²) in [5.74, 6) is 0.211. The van der Waals surface area contributed by atoms with E-state index in [9.17, 15) is 14.4 Å². The molecule has 0 spiro atoms. The molecule has 12 heteroatoms. The molecule has 5 heterocycles. The van der Waals surface area contributed by atoms with Gasteiger partial charge in [0.05, 0.1) is 11.9 Å². The molecule has 4 aromatic heterocycles. The second-order valence-corrected chi connectivity index (χ2v) is 12.4. The predicted molar refractivity (Wildman–Crippen MR) is 176 cm³/mol. The molecule has 1 saturated heterocycles. The zero-order valence-corrected chi connectivity index (χ0v) is 26.8. The number of pyridine rings is 2. The Bertz CT molecular complexity index is 1960. The lowest BCUT2D eigenvalue weighted by Crippen LogP contribution is -2.40. The van der Waals surface area contributed by atoms with Crippen molar-refractivity contribution in [2.45, 2.75) is 39.5 Å². The first-order valence-corrected chi connectivity index (χ1v) is 15.6. The number of hydrogen-bond acceptors (Lipinski definition) is 7. The zero-order chi connectivity index (χ0) is 31.8. The minimum atomic E-state index is -0.525. The topological polar surface area (TPSA) is 141 Å². The van der Waals surface area contributed by atoms with Gasteiger partial charge in [-0.3, -0.25) is 23.9 Å². The highest BCUT2D eigenvalue weighted by Gasteiger charge is 2.28. The molecule has 6 rings (SSSR count). The standard InChI is InChI=1S/C33H33BrN8O3/c1-19(2)32(44)40-13-10-22(11-14-40)28-16-25(29-30(35)37-18-38-42(28)29)21-6-8-23(9-7-21)39-31(43)26-15-27(34)20(3)41(33(26)45)24-5-4-12-36-17-24/h4-9,12,15-19,22H,10-11,13-14H2,1-3H3,(H,39,43)(H2,35,37,38). The number of aromatic nitrogens is 5. The van der Waals surface area contributed by atoms with Gasteiger partial charge in [0.1, 0.15) is 17.4 Å². The van der Waals surface area contributed by atoms with Crippen LogP contribution >= 0.6 is 15.9 Å². The summed E-state index contributed by atoms with van der Waals surface area (Å²) in [6, 6.07) is 14.5. The zero-order valence-electron chi connectivity index (χ0n) is 25.2. The molecule has 45 heavy (non-hydrogen) atoms. The number of likely N-dealkylation sites (tertiary alicyclic amines) is 1. The van der Waals surface area contributed by atoms with E-state index < -0.39 is 11.5 Å². The number of carbonyl (C=O) groups excluding carboxylic acids is 2. The van der Waals surface area contributed by atoms with Gasteiger partial charge >= 0.3 is 0 Å². The fourth-order valence-corrected chi connectivity index (χ4v) is 6.33. The molecule has 230 valence electrons. The van der Waals surface area contributed by atoms with Gasteiger partial charge in [0.2, 0.25) is 5.91 Å². The molecule has 1 aliphatic rings. The number of nitrogens with zero attached hydrogens (tertiary/aromatic N) is 6. The molecule has 1 aromatic carbocycles. The van der Waals surface area contributed by atoms with Gasteiger partial charge in [-0.1, -0.05) is 26.0 Å². The molecule has 2 amide bonds. The Morgan fingerprint density at radius 2 is 1.82 bits per heavy atom. The van der Waals surface area contributed by atoms with Crippen LogP contribution in [0.1, 0.15) is 54.4 Å². The summed E-state index contributed by atoms with van der Waals surface area (Å²) in [7, 11) is 0. The normalized spacial score (nSPS) is 13.8. The third-order valence-corrected chi connectivity index (χ3v) is 9.12. The van der Waals surface area contributed by atoms with Crippen molar-refractivity contribution in [2.75, 3.05) is 24.1 Å². The summed E-state index contributed by atoms with van der Waals surface area (Å²) in [6.45, 7) is 7.05. The Labute approximate surface area is 268 Å². The first-order valence-electron chi connectivity index (χ1n) is 14.8. The molecular weight excluding hydrogens is 636 g/mol. The molecule has 5 aromatic rings. The maximum atomic E-state index is 13.4. The highest BCUT2D eigenvalue weighted by atomic mass is 79.9. The van der Waals surface area contributed by atoms with Gasteiger partial charge in [0.15, 0.2) is 5.82 Å². The summed E-state index contributed by atoms with van der Waals surface area (Å²) in [5.41, 5.74) is 11.2. The van der Waals surface area contributed by atoms with E-state index in [1.54, 1.807) is 43.6 Å². The molecule has 0 saturated carbocycles. The van der Waals surface area contributed by atoms with Crippen molar-refractivity contribution in [3.05, 3.63) is 99.0 Å². The number of piperidine rings is 1. The van der Waals surface area contributed by atoms with Gasteiger partial charge < -0.3 is 16.0 Å². The van der Waals surface area contributed by atoms with Crippen LogP contribution in [0.25, 0.3) is 22.3 Å². The minimum absolute atomic E-state index is 0.00506. The van der Waals surface area contributed by atoms with Gasteiger partial charge in [-0.05, 0) is 77.7 Å². The second-order valence-electron chi connectivity index (χ2n) is 11.5. The Balaban J connectivity index is 1.26. The molecule has 3 N–H and O–H groups in total. The Kier molecular flexibility index (Phi) is 8.24. The second kappa shape index (κ2) is 12.3. The van der Waals surface area contributed by atoms with E-state index in [0.717, 1.165) is 29.7 Å². The number of anilines is 2. The molecule has 1 aliphatic heterocycles. The van der Waals surface area contributed by atoms with Crippen LogP contribution in [-0.2, 0) is 4.79 Å². The highest BCUT2D eigenvalue weighted by molar-refractivity contribution is 9.10. The molecule has 0 unspecified atom stereocenters. The quantitative estimate of drug-likeness (QED) is 0.253. The number of amides is 2. The Hall–Kier alpha value is -4.84. The number of hydrogen-bond donors (Lipinski definition) is 2. The van der Waals surface area contributed by atoms with E-state index in [-0.39, 0.29) is 23.3 Å². The van der Waals surface area contributed by atoms with Crippen molar-refractivity contribution in [2.24, 2.45) is 5.92 Å². The van der Waals surface area contributed by atoms with E-state index in [1.165, 1.54) is 17.0 Å². The average molecular weight is 670 g/mol. The van der Waals surface area contributed by atoms with E-state index in [0.29, 0.717) is 46.0 Å². The maximum absolute atomic E-state index is 13.4. The number of benzene rings is 1. The van der Waals surface area contributed by atoms with Crippen LogP contribution in [0.2, 0.25) is 0 Å². The molecule has 0 aliphatic carbocycles. The Morgan fingerprint density at radius 3 is 2.49 bits per heavy atom. The van der Waals surface area contributed by atoms with E-state index in [2.05, 4.69) is 42.4 Å². The average Bonchev–Trinajstić information content (AvgIpc) is 3.44. The van der Waals surface area contributed by atoms with Gasteiger partial charge in [-0.15, -0.1) is 0 Å². The maximum Gasteiger partial charge on any atom is 0.268 e. The molecule has 1 fully saturated rings. The van der Waals surface area contributed by atoms with Gasteiger partial charge in [-0.25, -0.2) is 9.50 Å². The summed E-state index contributed by atoms with van der Waals surface area (Å²) in [4.78, 5) is 49.5. The van der Waals surface area contributed by atoms with Crippen molar-refractivity contribution in [3.63, 3.8) is 0 Å². The summed E-state index contributed by atoms with van der Waals surface area (Å²) in [5, 5.41) is 7.39. The summed E-state index contributed by atoms with van der Waals surface area (Å²) in [6.07, 6.45) is 6.32. The largest absolute Gasteiger partial charge is 0.382 e. The van der Waals surface area contributed by atoms with Crippen LogP contribution in [0, 0.1) is 12.8 Å². The van der Waals surface area contributed by atoms with Crippen molar-refractivity contribution in [3.8, 4) is 16.8 Å². The van der Waals surface area contributed by atoms with Crippen LogP contribution in [0.4, 0.5) is 11.5 Å².